The van der Waals surface area contributed by atoms with E-state index in [1.165, 1.54) is 11.1 Å². The number of hydrogen-bond donors (Lipinski definition) is 1. The Morgan fingerprint density at radius 2 is 2.14 bits per heavy atom. The molecule has 0 atom stereocenters. The molecule has 21 heavy (non-hydrogen) atoms. The zero-order valence-corrected chi connectivity index (χ0v) is 12.1. The van der Waals surface area contributed by atoms with Crippen LogP contribution in [0.2, 0.25) is 0 Å². The molecule has 0 aliphatic rings. The van der Waals surface area contributed by atoms with Crippen LogP contribution < -0.4 is 5.32 Å². The first-order valence-electron chi connectivity index (χ1n) is 7.10. The van der Waals surface area contributed by atoms with Gasteiger partial charge in [-0.15, -0.1) is 0 Å². The van der Waals surface area contributed by atoms with Gasteiger partial charge in [0.15, 0.2) is 0 Å². The summed E-state index contributed by atoms with van der Waals surface area (Å²) in [7, 11) is 0. The molecular formula is C17H19N3O. The van der Waals surface area contributed by atoms with Gasteiger partial charge in [0.1, 0.15) is 11.6 Å². The number of imidazole rings is 1. The first-order chi connectivity index (χ1) is 10.3. The van der Waals surface area contributed by atoms with E-state index < -0.39 is 0 Å². The Bertz CT molecular complexity index is 686. The third kappa shape index (κ3) is 3.61. The smallest absolute Gasteiger partial charge is 0.122 e. The topological polar surface area (TPSA) is 43.0 Å². The maximum Gasteiger partial charge on any atom is 0.122 e. The number of furan rings is 1. The van der Waals surface area contributed by atoms with Gasteiger partial charge in [0.25, 0.3) is 0 Å². The highest BCUT2D eigenvalue weighted by molar-refractivity contribution is 5.22. The van der Waals surface area contributed by atoms with Crippen LogP contribution in [0, 0.1) is 6.92 Å². The van der Waals surface area contributed by atoms with E-state index in [0.29, 0.717) is 6.54 Å². The van der Waals surface area contributed by atoms with Crippen molar-refractivity contribution in [2.75, 3.05) is 0 Å². The monoisotopic (exact) mass is 281 g/mol. The maximum absolute atomic E-state index is 5.30. The maximum atomic E-state index is 5.30. The summed E-state index contributed by atoms with van der Waals surface area (Å²) in [6, 6.07) is 12.4. The molecule has 0 saturated carbocycles. The van der Waals surface area contributed by atoms with Gasteiger partial charge in [-0.1, -0.05) is 29.8 Å². The highest BCUT2D eigenvalue weighted by atomic mass is 16.3. The molecule has 4 nitrogen and oxygen atoms in total. The lowest BCUT2D eigenvalue weighted by atomic mass is 10.1. The highest BCUT2D eigenvalue weighted by Crippen LogP contribution is 2.08. The lowest BCUT2D eigenvalue weighted by molar-refractivity contribution is 0.477. The molecule has 0 aliphatic carbocycles. The van der Waals surface area contributed by atoms with Gasteiger partial charge in [-0.2, -0.15) is 0 Å². The van der Waals surface area contributed by atoms with Crippen molar-refractivity contribution in [2.45, 2.75) is 26.6 Å². The molecule has 0 radical (unpaired) electrons. The molecule has 1 N–H and O–H groups in total. The van der Waals surface area contributed by atoms with Crippen LogP contribution in [0.4, 0.5) is 0 Å². The van der Waals surface area contributed by atoms with E-state index in [1.807, 2.05) is 24.5 Å². The summed E-state index contributed by atoms with van der Waals surface area (Å²) in [5.74, 6) is 1.97. The highest BCUT2D eigenvalue weighted by Gasteiger charge is 2.04. The quantitative estimate of drug-likeness (QED) is 0.755. The van der Waals surface area contributed by atoms with Crippen LogP contribution in [-0.4, -0.2) is 9.55 Å². The second kappa shape index (κ2) is 6.41. The Morgan fingerprint density at radius 1 is 1.19 bits per heavy atom. The third-order valence-corrected chi connectivity index (χ3v) is 3.40. The molecule has 2 heterocycles. The lowest BCUT2D eigenvalue weighted by Crippen LogP contribution is -2.16. The fourth-order valence-corrected chi connectivity index (χ4v) is 2.37. The molecule has 2 aromatic heterocycles. The van der Waals surface area contributed by atoms with E-state index in [2.05, 4.69) is 46.1 Å². The van der Waals surface area contributed by atoms with Gasteiger partial charge in [0.05, 0.1) is 19.4 Å². The van der Waals surface area contributed by atoms with Crippen molar-refractivity contribution in [3.63, 3.8) is 0 Å². The van der Waals surface area contributed by atoms with E-state index >= 15 is 0 Å². The van der Waals surface area contributed by atoms with Crippen LogP contribution >= 0.6 is 0 Å². The average molecular weight is 281 g/mol. The number of aromatic nitrogens is 2. The van der Waals surface area contributed by atoms with Crippen molar-refractivity contribution >= 4 is 0 Å². The van der Waals surface area contributed by atoms with E-state index in [4.69, 9.17) is 4.42 Å². The van der Waals surface area contributed by atoms with Crippen molar-refractivity contribution in [3.05, 3.63) is 77.8 Å². The predicted molar refractivity (Wildman–Crippen MR) is 81.8 cm³/mol. The molecule has 0 saturated heterocycles. The van der Waals surface area contributed by atoms with Crippen LogP contribution in [0.5, 0.6) is 0 Å². The van der Waals surface area contributed by atoms with Crippen LogP contribution in [0.1, 0.15) is 22.7 Å². The normalized spacial score (nSPS) is 10.9. The lowest BCUT2D eigenvalue weighted by Gasteiger charge is -2.09. The minimum Gasteiger partial charge on any atom is -0.468 e. The molecule has 108 valence electrons. The number of aryl methyl sites for hydroxylation is 1. The molecule has 0 aliphatic heterocycles. The van der Waals surface area contributed by atoms with E-state index in [0.717, 1.165) is 24.7 Å². The van der Waals surface area contributed by atoms with Gasteiger partial charge in [0.2, 0.25) is 0 Å². The predicted octanol–water partition coefficient (Wildman–Crippen LogP) is 3.12. The van der Waals surface area contributed by atoms with Gasteiger partial charge >= 0.3 is 0 Å². The summed E-state index contributed by atoms with van der Waals surface area (Å²) in [4.78, 5) is 4.42. The van der Waals surface area contributed by atoms with Crippen molar-refractivity contribution in [3.8, 4) is 0 Å². The van der Waals surface area contributed by atoms with E-state index in [9.17, 15) is 0 Å². The summed E-state index contributed by atoms with van der Waals surface area (Å²) in [6.45, 7) is 4.40. The van der Waals surface area contributed by atoms with Gasteiger partial charge in [0, 0.05) is 18.9 Å². The minimum atomic E-state index is 0.713. The first-order valence-corrected chi connectivity index (χ1v) is 7.10. The number of benzene rings is 1. The van der Waals surface area contributed by atoms with Crippen LogP contribution in [0.25, 0.3) is 0 Å². The summed E-state index contributed by atoms with van der Waals surface area (Å²) < 4.78 is 7.47. The Morgan fingerprint density at radius 3 is 2.95 bits per heavy atom. The largest absolute Gasteiger partial charge is 0.468 e. The van der Waals surface area contributed by atoms with E-state index in [-0.39, 0.29) is 0 Å². The number of hydrogen-bond acceptors (Lipinski definition) is 3. The Hall–Kier alpha value is -2.33. The van der Waals surface area contributed by atoms with Crippen LogP contribution in [0.15, 0.2) is 59.5 Å². The number of nitrogens with zero attached hydrogens (tertiary/aromatic N) is 2. The molecule has 0 fully saturated rings. The Kier molecular flexibility index (Phi) is 4.17. The summed E-state index contributed by atoms with van der Waals surface area (Å²) in [6.07, 6.45) is 5.56. The van der Waals surface area contributed by atoms with Gasteiger partial charge in [-0.3, -0.25) is 0 Å². The average Bonchev–Trinajstić information content (AvgIpc) is 3.12. The fourth-order valence-electron chi connectivity index (χ4n) is 2.37. The molecule has 1 aromatic carbocycles. The zero-order chi connectivity index (χ0) is 14.5. The number of nitrogens with one attached hydrogen (secondary N) is 1. The number of rotatable bonds is 6. The molecule has 4 heteroatoms. The third-order valence-electron chi connectivity index (χ3n) is 3.40. The molecule has 0 unspecified atom stereocenters. The molecule has 0 spiro atoms. The second-order valence-electron chi connectivity index (χ2n) is 5.14. The summed E-state index contributed by atoms with van der Waals surface area (Å²) in [5.41, 5.74) is 2.57. The first kappa shape index (κ1) is 13.6. The van der Waals surface area contributed by atoms with Crippen molar-refractivity contribution in [1.29, 1.82) is 0 Å². The molecule has 0 bridgehead atoms. The molecule has 0 amide bonds. The van der Waals surface area contributed by atoms with Gasteiger partial charge in [-0.05, 0) is 24.6 Å². The van der Waals surface area contributed by atoms with Crippen molar-refractivity contribution in [2.24, 2.45) is 0 Å². The SMILES string of the molecule is Cc1cccc(Cn2ccnc2CNCc2ccco2)c1. The van der Waals surface area contributed by atoms with Gasteiger partial charge < -0.3 is 14.3 Å². The molecular weight excluding hydrogens is 262 g/mol. The summed E-state index contributed by atoms with van der Waals surface area (Å²) in [5, 5.41) is 3.35. The van der Waals surface area contributed by atoms with Crippen molar-refractivity contribution < 1.29 is 4.42 Å². The molecule has 3 rings (SSSR count). The zero-order valence-electron chi connectivity index (χ0n) is 12.1. The minimum absolute atomic E-state index is 0.713. The Labute approximate surface area is 124 Å². The van der Waals surface area contributed by atoms with Gasteiger partial charge in [-0.25, -0.2) is 4.98 Å². The van der Waals surface area contributed by atoms with Crippen LogP contribution in [-0.2, 0) is 19.6 Å². The van der Waals surface area contributed by atoms with Crippen molar-refractivity contribution in [1.82, 2.24) is 14.9 Å². The molecule has 3 aromatic rings. The van der Waals surface area contributed by atoms with Crippen LogP contribution in [0.3, 0.4) is 0 Å². The Balaban J connectivity index is 1.61. The van der Waals surface area contributed by atoms with E-state index in [1.54, 1.807) is 6.26 Å². The second-order valence-corrected chi connectivity index (χ2v) is 5.14. The standard InChI is InChI=1S/C17H19N3O/c1-14-4-2-5-15(10-14)13-20-8-7-19-17(20)12-18-11-16-6-3-9-21-16/h2-10,18H,11-13H2,1H3. The fraction of sp³-hybridized carbons (Fsp3) is 0.235. The summed E-state index contributed by atoms with van der Waals surface area (Å²) >= 11 is 0.